The molecule has 2 amide bonds. The van der Waals surface area contributed by atoms with Gasteiger partial charge in [-0.2, -0.15) is 0 Å². The van der Waals surface area contributed by atoms with Gasteiger partial charge >= 0.3 is 0 Å². The molecule has 0 aliphatic rings. The van der Waals surface area contributed by atoms with Crippen LogP contribution in [0.4, 0.5) is 5.69 Å². The Morgan fingerprint density at radius 3 is 2.19 bits per heavy atom. The number of hydrogen-bond donors (Lipinski definition) is 1. The van der Waals surface area contributed by atoms with Crippen LogP contribution in [0.5, 0.6) is 5.75 Å². The van der Waals surface area contributed by atoms with Crippen molar-refractivity contribution in [1.29, 1.82) is 0 Å². The molecule has 1 unspecified atom stereocenters. The highest BCUT2D eigenvalue weighted by Gasteiger charge is 2.31. The Bertz CT molecular complexity index is 1430. The number of nitrogens with zero attached hydrogens (tertiary/aromatic N) is 2. The van der Waals surface area contributed by atoms with Gasteiger partial charge < -0.3 is 15.0 Å². The number of anilines is 1. The zero-order chi connectivity index (χ0) is 31.4. The first kappa shape index (κ1) is 33.6. The van der Waals surface area contributed by atoms with Gasteiger partial charge in [0.2, 0.25) is 21.8 Å². The van der Waals surface area contributed by atoms with E-state index >= 15 is 0 Å². The van der Waals surface area contributed by atoms with E-state index in [0.717, 1.165) is 22.9 Å². The summed E-state index contributed by atoms with van der Waals surface area (Å²) in [6.07, 6.45) is 1.89. The lowest BCUT2D eigenvalue weighted by Crippen LogP contribution is -2.51. The molecule has 0 heterocycles. The van der Waals surface area contributed by atoms with E-state index in [-0.39, 0.29) is 43.7 Å². The quantitative estimate of drug-likeness (QED) is 0.237. The Labute approximate surface area is 257 Å². The number of aryl methyl sites for hydroxylation is 1. The van der Waals surface area contributed by atoms with Gasteiger partial charge in [-0.05, 0) is 67.1 Å². The van der Waals surface area contributed by atoms with Gasteiger partial charge in [-0.25, -0.2) is 8.42 Å². The molecule has 0 saturated carbocycles. The summed E-state index contributed by atoms with van der Waals surface area (Å²) < 4.78 is 32.2. The standard InChI is InChI=1S/C34H45N3O5S/c1-6-42-31-20-18-30(19-21-31)37(43(5,40)41)22-12-17-33(38)36(25-29-16-11-10-13-27(29)4)32(34(39)35-24-26(2)3)23-28-14-8-7-9-15-28/h7-11,13-16,18-21,26,32H,6,12,17,22-25H2,1-5H3,(H,35,39). The first-order chi connectivity index (χ1) is 20.5. The summed E-state index contributed by atoms with van der Waals surface area (Å²) in [5, 5.41) is 3.04. The van der Waals surface area contributed by atoms with E-state index in [1.54, 1.807) is 29.2 Å². The average molecular weight is 608 g/mol. The van der Waals surface area contributed by atoms with Gasteiger partial charge in [-0.3, -0.25) is 13.9 Å². The lowest BCUT2D eigenvalue weighted by molar-refractivity contribution is -0.141. The van der Waals surface area contributed by atoms with Crippen LogP contribution in [0.25, 0.3) is 0 Å². The first-order valence-electron chi connectivity index (χ1n) is 14.9. The van der Waals surface area contributed by atoms with Crippen molar-refractivity contribution < 1.29 is 22.7 Å². The molecule has 0 aliphatic carbocycles. The molecule has 232 valence electrons. The number of nitrogens with one attached hydrogen (secondary N) is 1. The van der Waals surface area contributed by atoms with Crippen LogP contribution in [-0.4, -0.2) is 57.1 Å². The highest BCUT2D eigenvalue weighted by atomic mass is 32.2. The van der Waals surface area contributed by atoms with E-state index in [1.807, 2.05) is 82.3 Å². The predicted molar refractivity (Wildman–Crippen MR) is 173 cm³/mol. The highest BCUT2D eigenvalue weighted by Crippen LogP contribution is 2.23. The van der Waals surface area contributed by atoms with Crippen LogP contribution in [0.2, 0.25) is 0 Å². The van der Waals surface area contributed by atoms with E-state index in [9.17, 15) is 18.0 Å². The summed E-state index contributed by atoms with van der Waals surface area (Å²) in [5.74, 6) is 0.504. The number of benzene rings is 3. The van der Waals surface area contributed by atoms with E-state index < -0.39 is 16.1 Å². The Morgan fingerprint density at radius 1 is 0.930 bits per heavy atom. The third-order valence-electron chi connectivity index (χ3n) is 7.15. The lowest BCUT2D eigenvalue weighted by Gasteiger charge is -2.32. The number of carbonyl (C=O) groups excluding carboxylic acids is 2. The smallest absolute Gasteiger partial charge is 0.243 e. The van der Waals surface area contributed by atoms with Gasteiger partial charge in [-0.15, -0.1) is 0 Å². The third kappa shape index (κ3) is 10.4. The third-order valence-corrected chi connectivity index (χ3v) is 8.34. The summed E-state index contributed by atoms with van der Waals surface area (Å²) in [4.78, 5) is 29.3. The van der Waals surface area contributed by atoms with Crippen LogP contribution < -0.4 is 14.4 Å². The number of ether oxygens (including phenoxy) is 1. The van der Waals surface area contributed by atoms with Crippen molar-refractivity contribution in [1.82, 2.24) is 10.2 Å². The molecule has 0 spiro atoms. The van der Waals surface area contributed by atoms with Crippen molar-refractivity contribution in [3.63, 3.8) is 0 Å². The van der Waals surface area contributed by atoms with E-state index in [2.05, 4.69) is 5.32 Å². The second-order valence-corrected chi connectivity index (χ2v) is 13.1. The maximum atomic E-state index is 14.0. The van der Waals surface area contributed by atoms with Crippen LogP contribution in [0, 0.1) is 12.8 Å². The molecule has 0 bridgehead atoms. The van der Waals surface area contributed by atoms with Gasteiger partial charge in [0.15, 0.2) is 0 Å². The summed E-state index contributed by atoms with van der Waals surface area (Å²) >= 11 is 0. The summed E-state index contributed by atoms with van der Waals surface area (Å²) in [5.41, 5.74) is 3.44. The molecule has 0 saturated heterocycles. The second-order valence-electron chi connectivity index (χ2n) is 11.2. The van der Waals surface area contributed by atoms with E-state index in [1.165, 1.54) is 4.31 Å². The largest absolute Gasteiger partial charge is 0.494 e. The molecule has 1 atom stereocenters. The fourth-order valence-electron chi connectivity index (χ4n) is 4.83. The van der Waals surface area contributed by atoms with Crippen molar-refractivity contribution >= 4 is 27.5 Å². The summed E-state index contributed by atoms with van der Waals surface area (Å²) in [6, 6.07) is 23.7. The molecule has 0 radical (unpaired) electrons. The molecule has 0 aliphatic heterocycles. The van der Waals surface area contributed by atoms with E-state index in [4.69, 9.17) is 4.74 Å². The molecule has 9 heteroatoms. The van der Waals surface area contributed by atoms with Crippen LogP contribution in [-0.2, 0) is 32.6 Å². The van der Waals surface area contributed by atoms with Gasteiger partial charge in [-0.1, -0.05) is 68.4 Å². The fraction of sp³-hybridized carbons (Fsp3) is 0.412. The Kier molecular flexibility index (Phi) is 12.6. The van der Waals surface area contributed by atoms with Crippen molar-refractivity contribution in [3.05, 3.63) is 95.6 Å². The number of sulfonamides is 1. The average Bonchev–Trinajstić information content (AvgIpc) is 2.97. The minimum atomic E-state index is -3.60. The van der Waals surface area contributed by atoms with Gasteiger partial charge in [0, 0.05) is 32.5 Å². The minimum Gasteiger partial charge on any atom is -0.494 e. The van der Waals surface area contributed by atoms with Crippen molar-refractivity contribution in [2.24, 2.45) is 5.92 Å². The maximum Gasteiger partial charge on any atom is 0.243 e. The van der Waals surface area contributed by atoms with Crippen LogP contribution in [0.3, 0.4) is 0 Å². The zero-order valence-electron chi connectivity index (χ0n) is 26.0. The zero-order valence-corrected chi connectivity index (χ0v) is 26.8. The highest BCUT2D eigenvalue weighted by molar-refractivity contribution is 7.92. The van der Waals surface area contributed by atoms with Crippen LogP contribution >= 0.6 is 0 Å². The molecule has 3 rings (SSSR count). The van der Waals surface area contributed by atoms with Crippen molar-refractivity contribution in [2.75, 3.05) is 30.3 Å². The summed E-state index contributed by atoms with van der Waals surface area (Å²) in [6.45, 7) is 9.34. The van der Waals surface area contributed by atoms with E-state index in [0.29, 0.717) is 31.0 Å². The van der Waals surface area contributed by atoms with Gasteiger partial charge in [0.25, 0.3) is 0 Å². The molecule has 0 fully saturated rings. The first-order valence-corrected chi connectivity index (χ1v) is 16.7. The number of carbonyl (C=O) groups is 2. The topological polar surface area (TPSA) is 96.0 Å². The normalized spacial score (nSPS) is 12.0. The van der Waals surface area contributed by atoms with Gasteiger partial charge in [0.1, 0.15) is 11.8 Å². The monoisotopic (exact) mass is 607 g/mol. The fourth-order valence-corrected chi connectivity index (χ4v) is 5.79. The molecule has 43 heavy (non-hydrogen) atoms. The Morgan fingerprint density at radius 2 is 1.58 bits per heavy atom. The Hall–Kier alpha value is -3.85. The summed E-state index contributed by atoms with van der Waals surface area (Å²) in [7, 11) is -3.60. The Balaban J connectivity index is 1.87. The second kappa shape index (κ2) is 16.1. The minimum absolute atomic E-state index is 0.0810. The molecular formula is C34H45N3O5S. The molecule has 8 nitrogen and oxygen atoms in total. The number of hydrogen-bond acceptors (Lipinski definition) is 5. The molecule has 3 aromatic carbocycles. The van der Waals surface area contributed by atoms with Crippen LogP contribution in [0.15, 0.2) is 78.9 Å². The SMILES string of the molecule is CCOc1ccc(N(CCCC(=O)N(Cc2ccccc2C)C(Cc2ccccc2)C(=O)NCC(C)C)S(C)(=O)=O)cc1. The van der Waals surface area contributed by atoms with Gasteiger partial charge in [0.05, 0.1) is 18.6 Å². The van der Waals surface area contributed by atoms with Crippen molar-refractivity contribution in [3.8, 4) is 5.75 Å². The molecule has 0 aromatic heterocycles. The number of amides is 2. The maximum absolute atomic E-state index is 14.0. The number of rotatable bonds is 16. The molecule has 3 aromatic rings. The molecular weight excluding hydrogens is 562 g/mol. The van der Waals surface area contributed by atoms with Crippen LogP contribution in [0.1, 0.15) is 50.3 Å². The van der Waals surface area contributed by atoms with Crippen molar-refractivity contribution in [2.45, 2.75) is 59.5 Å². The predicted octanol–water partition coefficient (Wildman–Crippen LogP) is 5.35. The molecule has 1 N–H and O–H groups in total. The lowest BCUT2D eigenvalue weighted by atomic mass is 10.0.